The largest absolute Gasteiger partial charge is 0.535 e. The van der Waals surface area contributed by atoms with E-state index in [1.54, 1.807) is 30.3 Å². The predicted molar refractivity (Wildman–Crippen MR) is 76.2 cm³/mol. The minimum atomic E-state index is -2.30. The van der Waals surface area contributed by atoms with Crippen LogP contribution in [0.2, 0.25) is 0 Å². The Balaban J connectivity index is 2.04. The lowest BCUT2D eigenvalue weighted by Crippen LogP contribution is -2.12. The van der Waals surface area contributed by atoms with Crippen LogP contribution in [-0.4, -0.2) is 11.9 Å². The van der Waals surface area contributed by atoms with Gasteiger partial charge in [-0.15, -0.1) is 0 Å². The number of carbonyl (C=O) groups is 1. The van der Waals surface area contributed by atoms with E-state index in [9.17, 15) is 26.7 Å². The van der Waals surface area contributed by atoms with Gasteiger partial charge in [-0.25, -0.2) is 26.7 Å². The molecule has 0 aromatic heterocycles. The molecule has 0 N–H and O–H groups in total. The summed E-state index contributed by atoms with van der Waals surface area (Å²) < 4.78 is 70.1. The van der Waals surface area contributed by atoms with Gasteiger partial charge in [-0.3, -0.25) is 4.84 Å². The zero-order chi connectivity index (χ0) is 18.6. The van der Waals surface area contributed by atoms with E-state index in [4.69, 9.17) is 0 Å². The van der Waals surface area contributed by atoms with Crippen molar-refractivity contribution in [1.82, 2.24) is 0 Å². The molecule has 0 aliphatic heterocycles. The number of carbonyl (C=O) groups excluding carboxylic acids is 1. The molecule has 132 valence electrons. The second kappa shape index (κ2) is 7.73. The zero-order valence-electron chi connectivity index (χ0n) is 12.7. The monoisotopic (exact) mass is 359 g/mol. The maximum absolute atomic E-state index is 13.4. The van der Waals surface area contributed by atoms with Crippen molar-refractivity contribution in [2.24, 2.45) is 5.16 Å². The topological polar surface area (TPSA) is 47.9 Å². The van der Waals surface area contributed by atoms with E-state index >= 15 is 0 Å². The summed E-state index contributed by atoms with van der Waals surface area (Å²) in [4.78, 5) is 15.7. The summed E-state index contributed by atoms with van der Waals surface area (Å²) in [5.74, 6) is -10.8. The van der Waals surface area contributed by atoms with Crippen molar-refractivity contribution in [2.75, 3.05) is 0 Å². The molecule has 0 saturated carbocycles. The third kappa shape index (κ3) is 4.11. The summed E-state index contributed by atoms with van der Waals surface area (Å²) in [7, 11) is 0. The number of hydrogen-bond donors (Lipinski definition) is 0. The number of rotatable bonds is 4. The van der Waals surface area contributed by atoms with Gasteiger partial charge in [-0.1, -0.05) is 35.5 Å². The Morgan fingerprint density at radius 3 is 2.00 bits per heavy atom. The summed E-state index contributed by atoms with van der Waals surface area (Å²) in [5.41, 5.74) is -0.360. The second-order valence-corrected chi connectivity index (χ2v) is 4.72. The number of ether oxygens (including phenoxy) is 1. The maximum Gasteiger partial charge on any atom is 0.535 e. The van der Waals surface area contributed by atoms with E-state index in [-0.39, 0.29) is 0 Å². The van der Waals surface area contributed by atoms with Gasteiger partial charge in [0.05, 0.1) is 11.3 Å². The van der Waals surface area contributed by atoms with E-state index in [0.29, 0.717) is 11.3 Å². The third-order valence-electron chi connectivity index (χ3n) is 3.08. The van der Waals surface area contributed by atoms with Crippen LogP contribution in [0.3, 0.4) is 0 Å². The molecule has 0 spiro atoms. The van der Waals surface area contributed by atoms with Crippen molar-refractivity contribution >= 4 is 11.9 Å². The van der Waals surface area contributed by atoms with Gasteiger partial charge in [0, 0.05) is 0 Å². The van der Waals surface area contributed by atoms with E-state index < -0.39 is 47.4 Å². The first kappa shape index (κ1) is 18.4. The van der Waals surface area contributed by atoms with Gasteiger partial charge in [0.2, 0.25) is 5.82 Å². The van der Waals surface area contributed by atoms with Crippen LogP contribution in [0.25, 0.3) is 0 Å². The fourth-order valence-corrected chi connectivity index (χ4v) is 1.77. The van der Waals surface area contributed by atoms with Crippen LogP contribution in [0.4, 0.5) is 26.7 Å². The lowest BCUT2D eigenvalue weighted by Gasteiger charge is -2.08. The fraction of sp³-hybridized carbons (Fsp3) is 0.125. The molecule has 2 aromatic carbocycles. The Bertz CT molecular complexity index is 795. The smallest absolute Gasteiger partial charge is 0.428 e. The van der Waals surface area contributed by atoms with Crippen molar-refractivity contribution in [3.05, 3.63) is 70.5 Å². The first-order valence-corrected chi connectivity index (χ1v) is 6.77. The summed E-state index contributed by atoms with van der Waals surface area (Å²) in [5, 5.41) is 3.45. The van der Waals surface area contributed by atoms with Crippen LogP contribution in [0.15, 0.2) is 35.5 Å². The van der Waals surface area contributed by atoms with Gasteiger partial charge in [0.25, 0.3) is 0 Å². The van der Waals surface area contributed by atoms with Crippen molar-refractivity contribution in [3.63, 3.8) is 0 Å². The van der Waals surface area contributed by atoms with Crippen molar-refractivity contribution < 1.29 is 36.3 Å². The van der Waals surface area contributed by atoms with Crippen molar-refractivity contribution in [2.45, 2.75) is 13.5 Å². The molecule has 4 nitrogen and oxygen atoms in total. The van der Waals surface area contributed by atoms with E-state index in [1.807, 2.05) is 0 Å². The van der Waals surface area contributed by atoms with E-state index in [2.05, 4.69) is 14.7 Å². The molecule has 0 bridgehead atoms. The Morgan fingerprint density at radius 1 is 0.920 bits per heavy atom. The van der Waals surface area contributed by atoms with Crippen LogP contribution >= 0.6 is 0 Å². The lowest BCUT2D eigenvalue weighted by atomic mass is 10.1. The highest BCUT2D eigenvalue weighted by atomic mass is 19.2. The highest BCUT2D eigenvalue weighted by Gasteiger charge is 2.26. The first-order chi connectivity index (χ1) is 11.8. The van der Waals surface area contributed by atoms with Crippen LogP contribution in [0.5, 0.6) is 0 Å². The second-order valence-electron chi connectivity index (χ2n) is 4.72. The molecule has 2 aromatic rings. The standard InChI is InChI=1S/C16H10F5NO3/c1-8(9-5-3-2-4-6-9)22-25-16(23)24-7-10-11(17)13(19)15(21)14(20)12(10)18/h2-6H,7H2,1H3/b22-8+. The number of halogens is 5. The zero-order valence-corrected chi connectivity index (χ0v) is 12.7. The van der Waals surface area contributed by atoms with Crippen LogP contribution in [0.1, 0.15) is 18.1 Å². The van der Waals surface area contributed by atoms with E-state index in [1.165, 1.54) is 6.92 Å². The quantitative estimate of drug-likeness (QED) is 0.154. The summed E-state index contributed by atoms with van der Waals surface area (Å²) in [6.07, 6.45) is -1.47. The maximum atomic E-state index is 13.4. The predicted octanol–water partition coefficient (Wildman–Crippen LogP) is 4.46. The van der Waals surface area contributed by atoms with Crippen LogP contribution in [0, 0.1) is 29.1 Å². The summed E-state index contributed by atoms with van der Waals surface area (Å²) in [6.45, 7) is 0.303. The minimum absolute atomic E-state index is 0.300. The van der Waals surface area contributed by atoms with Gasteiger partial charge in [0.1, 0.15) is 6.61 Å². The van der Waals surface area contributed by atoms with Gasteiger partial charge >= 0.3 is 6.16 Å². The van der Waals surface area contributed by atoms with Gasteiger partial charge in [-0.05, 0) is 12.5 Å². The normalized spacial score (nSPS) is 11.4. The molecule has 0 heterocycles. The van der Waals surface area contributed by atoms with Crippen molar-refractivity contribution in [3.8, 4) is 0 Å². The molecule has 9 heteroatoms. The molecule has 2 rings (SSSR count). The Hall–Kier alpha value is -2.97. The molecule has 0 saturated heterocycles. The van der Waals surface area contributed by atoms with Crippen LogP contribution in [-0.2, 0) is 16.2 Å². The average Bonchev–Trinajstić information content (AvgIpc) is 2.63. The molecule has 0 amide bonds. The molecule has 0 radical (unpaired) electrons. The Kier molecular flexibility index (Phi) is 5.68. The molecule has 0 atom stereocenters. The van der Waals surface area contributed by atoms with Crippen LogP contribution < -0.4 is 0 Å². The summed E-state index contributed by atoms with van der Waals surface area (Å²) in [6, 6.07) is 8.56. The third-order valence-corrected chi connectivity index (χ3v) is 3.08. The summed E-state index contributed by atoms with van der Waals surface area (Å²) >= 11 is 0. The number of nitrogens with zero attached hydrogens (tertiary/aromatic N) is 1. The Morgan fingerprint density at radius 2 is 1.44 bits per heavy atom. The Labute approximate surface area is 138 Å². The first-order valence-electron chi connectivity index (χ1n) is 6.77. The highest BCUT2D eigenvalue weighted by molar-refractivity contribution is 5.98. The van der Waals surface area contributed by atoms with Gasteiger partial charge < -0.3 is 4.74 Å². The lowest BCUT2D eigenvalue weighted by molar-refractivity contribution is 0.0501. The molecule has 0 unspecified atom stereocenters. The average molecular weight is 359 g/mol. The highest BCUT2D eigenvalue weighted by Crippen LogP contribution is 2.23. The SMILES string of the molecule is C/C(=N\OC(=O)OCc1c(F)c(F)c(F)c(F)c1F)c1ccccc1. The number of oxime groups is 1. The molecule has 0 aliphatic carbocycles. The van der Waals surface area contributed by atoms with Gasteiger partial charge in [0.15, 0.2) is 23.3 Å². The fourth-order valence-electron chi connectivity index (χ4n) is 1.77. The number of hydrogen-bond acceptors (Lipinski definition) is 4. The number of benzene rings is 2. The van der Waals surface area contributed by atoms with E-state index in [0.717, 1.165) is 0 Å². The minimum Gasteiger partial charge on any atom is -0.428 e. The molecule has 25 heavy (non-hydrogen) atoms. The molecular formula is C16H10F5NO3. The van der Waals surface area contributed by atoms with Gasteiger partial charge in [-0.2, -0.15) is 0 Å². The molecule has 0 aliphatic rings. The van der Waals surface area contributed by atoms with Crippen molar-refractivity contribution in [1.29, 1.82) is 0 Å². The molecular weight excluding hydrogens is 349 g/mol. The molecule has 0 fully saturated rings.